The van der Waals surface area contributed by atoms with Gasteiger partial charge in [-0.3, -0.25) is 14.7 Å². The minimum Gasteiger partial charge on any atom is -0.480 e. The van der Waals surface area contributed by atoms with Crippen LogP contribution in [0.5, 0.6) is 0 Å². The van der Waals surface area contributed by atoms with Crippen LogP contribution < -0.4 is 5.32 Å². The van der Waals surface area contributed by atoms with E-state index in [1.54, 1.807) is 18.3 Å². The number of fused-ring (bicyclic) bond motifs is 1. The molecule has 0 spiro atoms. The molecule has 1 saturated heterocycles. The number of likely N-dealkylation sites (tertiary alicyclic amines) is 1. The molecule has 190 valence electrons. The molecule has 0 bridgehead atoms. The Hall–Kier alpha value is -3.62. The number of nitrogens with zero attached hydrogens (tertiary/aromatic N) is 4. The average Bonchev–Trinajstić information content (AvgIpc) is 2.90. The lowest BCUT2D eigenvalue weighted by Crippen LogP contribution is -2.37. The molecule has 0 amide bonds. The summed E-state index contributed by atoms with van der Waals surface area (Å²) in [5.41, 5.74) is 3.79. The van der Waals surface area contributed by atoms with Crippen LogP contribution in [0.15, 0.2) is 61.1 Å². The molecular weight excluding hydrogens is 493 g/mol. The van der Waals surface area contributed by atoms with Crippen molar-refractivity contribution in [1.82, 2.24) is 19.9 Å². The maximum absolute atomic E-state index is 14.4. The van der Waals surface area contributed by atoms with Gasteiger partial charge in [-0.15, -0.1) is 0 Å². The molecule has 1 fully saturated rings. The van der Waals surface area contributed by atoms with Crippen LogP contribution in [0.3, 0.4) is 0 Å². The minimum absolute atomic E-state index is 0.0727. The quantitative estimate of drug-likeness (QED) is 0.313. The first-order valence-corrected chi connectivity index (χ1v) is 12.6. The molecule has 2 N–H and O–H groups in total. The number of anilines is 1. The second kappa shape index (κ2) is 10.8. The number of aromatic nitrogens is 3. The fourth-order valence-electron chi connectivity index (χ4n) is 4.85. The second-order valence-corrected chi connectivity index (χ2v) is 9.78. The van der Waals surface area contributed by atoms with Gasteiger partial charge >= 0.3 is 5.97 Å². The highest BCUT2D eigenvalue weighted by Gasteiger charge is 2.24. The standard InChI is InChI=1S/C28H27ClFN5O2/c1-17(21-4-2-3-5-24(21)30)34-27-22-12-19(6-7-25(22)31-15-23(27)29)20-13-32-28(33-14-20)18-8-10-35(11-9-18)16-26(36)37/h2-7,12-15,17-18H,8-11,16H2,1H3,(H,31,34)(H,36,37). The fraction of sp³-hybridized carbons (Fsp3) is 0.286. The Labute approximate surface area is 219 Å². The third kappa shape index (κ3) is 5.55. The van der Waals surface area contributed by atoms with Crippen molar-refractivity contribution in [3.8, 4) is 11.1 Å². The highest BCUT2D eigenvalue weighted by Crippen LogP contribution is 2.35. The molecule has 3 heterocycles. The van der Waals surface area contributed by atoms with Crippen LogP contribution in [0.25, 0.3) is 22.0 Å². The van der Waals surface area contributed by atoms with Crippen molar-refractivity contribution in [2.45, 2.75) is 31.7 Å². The lowest BCUT2D eigenvalue weighted by atomic mass is 9.95. The molecule has 0 saturated carbocycles. The predicted molar refractivity (Wildman–Crippen MR) is 142 cm³/mol. The summed E-state index contributed by atoms with van der Waals surface area (Å²) in [7, 11) is 0. The molecule has 2 aromatic heterocycles. The SMILES string of the molecule is CC(Nc1c(Cl)cnc2ccc(-c3cnc(C4CCN(CC(=O)O)CC4)nc3)cc12)c1ccccc1F. The summed E-state index contributed by atoms with van der Waals surface area (Å²) in [4.78, 5) is 26.6. The first-order valence-electron chi connectivity index (χ1n) is 12.2. The van der Waals surface area contributed by atoms with E-state index < -0.39 is 5.97 Å². The Bertz CT molecular complexity index is 1420. The van der Waals surface area contributed by atoms with Gasteiger partial charge in [-0.25, -0.2) is 14.4 Å². The average molecular weight is 520 g/mol. The number of benzene rings is 2. The molecule has 1 atom stereocenters. The maximum atomic E-state index is 14.4. The lowest BCUT2D eigenvalue weighted by molar-refractivity contribution is -0.138. The largest absolute Gasteiger partial charge is 0.480 e. The summed E-state index contributed by atoms with van der Waals surface area (Å²) in [6.45, 7) is 3.41. The number of carbonyl (C=O) groups is 1. The van der Waals surface area contributed by atoms with Crippen LogP contribution in [-0.4, -0.2) is 50.6 Å². The van der Waals surface area contributed by atoms with Crippen molar-refractivity contribution < 1.29 is 14.3 Å². The third-order valence-electron chi connectivity index (χ3n) is 6.87. The van der Waals surface area contributed by atoms with E-state index in [-0.39, 0.29) is 24.3 Å². The van der Waals surface area contributed by atoms with Crippen LogP contribution in [0.2, 0.25) is 5.02 Å². The third-order valence-corrected chi connectivity index (χ3v) is 7.16. The van der Waals surface area contributed by atoms with Crippen LogP contribution in [0.1, 0.15) is 43.1 Å². The van der Waals surface area contributed by atoms with Crippen LogP contribution in [0.4, 0.5) is 10.1 Å². The number of rotatable bonds is 7. The molecular formula is C28H27ClFN5O2. The zero-order chi connectivity index (χ0) is 25.9. The number of carboxylic acid groups (broad SMARTS) is 1. The van der Waals surface area contributed by atoms with E-state index in [2.05, 4.69) is 20.3 Å². The second-order valence-electron chi connectivity index (χ2n) is 9.37. The van der Waals surface area contributed by atoms with Crippen molar-refractivity contribution in [3.05, 3.63) is 83.3 Å². The number of hydrogen-bond donors (Lipinski definition) is 2. The molecule has 37 heavy (non-hydrogen) atoms. The molecule has 1 unspecified atom stereocenters. The van der Waals surface area contributed by atoms with Crippen molar-refractivity contribution in [1.29, 1.82) is 0 Å². The Balaban J connectivity index is 1.38. The summed E-state index contributed by atoms with van der Waals surface area (Å²) >= 11 is 6.54. The van der Waals surface area contributed by atoms with Gasteiger partial charge in [-0.2, -0.15) is 0 Å². The highest BCUT2D eigenvalue weighted by atomic mass is 35.5. The molecule has 9 heteroatoms. The first-order chi connectivity index (χ1) is 17.9. The smallest absolute Gasteiger partial charge is 0.317 e. The molecule has 1 aliphatic rings. The predicted octanol–water partition coefficient (Wildman–Crippen LogP) is 5.92. The summed E-state index contributed by atoms with van der Waals surface area (Å²) in [5, 5.41) is 13.6. The number of carboxylic acids is 1. The number of halogens is 2. The van der Waals surface area contributed by atoms with E-state index in [0.717, 1.165) is 53.8 Å². The topological polar surface area (TPSA) is 91.2 Å². The Morgan fingerprint density at radius 1 is 1.11 bits per heavy atom. The van der Waals surface area contributed by atoms with Crippen LogP contribution in [0, 0.1) is 5.82 Å². The van der Waals surface area contributed by atoms with E-state index in [4.69, 9.17) is 16.7 Å². The van der Waals surface area contributed by atoms with Gasteiger partial charge in [0.05, 0.1) is 28.8 Å². The van der Waals surface area contributed by atoms with Gasteiger partial charge in [0.25, 0.3) is 0 Å². The zero-order valence-electron chi connectivity index (χ0n) is 20.4. The molecule has 1 aliphatic heterocycles. The van der Waals surface area contributed by atoms with Gasteiger partial charge in [0.1, 0.15) is 11.6 Å². The summed E-state index contributed by atoms with van der Waals surface area (Å²) in [6, 6.07) is 12.3. The van der Waals surface area contributed by atoms with Crippen molar-refractivity contribution >= 4 is 34.2 Å². The number of pyridine rings is 1. The normalized spacial score (nSPS) is 15.5. The number of hydrogen-bond acceptors (Lipinski definition) is 6. The summed E-state index contributed by atoms with van der Waals surface area (Å²) < 4.78 is 14.4. The van der Waals surface area contributed by atoms with Gasteiger partial charge in [0.2, 0.25) is 0 Å². The fourth-order valence-corrected chi connectivity index (χ4v) is 5.06. The van der Waals surface area contributed by atoms with Crippen molar-refractivity contribution in [2.24, 2.45) is 0 Å². The van der Waals surface area contributed by atoms with Gasteiger partial charge in [-0.05, 0) is 56.6 Å². The number of aliphatic carboxylic acids is 1. The van der Waals surface area contributed by atoms with Gasteiger partial charge in [0.15, 0.2) is 0 Å². The molecule has 0 aliphatic carbocycles. The first kappa shape index (κ1) is 25.0. The monoisotopic (exact) mass is 519 g/mol. The van der Waals surface area contributed by atoms with Crippen molar-refractivity contribution in [2.75, 3.05) is 25.0 Å². The Kier molecular flexibility index (Phi) is 7.30. The number of piperidine rings is 1. The Morgan fingerprint density at radius 3 is 2.54 bits per heavy atom. The molecule has 7 nitrogen and oxygen atoms in total. The minimum atomic E-state index is -0.800. The number of nitrogens with one attached hydrogen (secondary N) is 1. The van der Waals surface area contributed by atoms with Gasteiger partial charge in [0, 0.05) is 41.0 Å². The van der Waals surface area contributed by atoms with E-state index in [0.29, 0.717) is 16.3 Å². The molecule has 5 rings (SSSR count). The molecule has 2 aromatic carbocycles. The van der Waals surface area contributed by atoms with E-state index in [1.807, 2.05) is 48.5 Å². The zero-order valence-corrected chi connectivity index (χ0v) is 21.1. The summed E-state index contributed by atoms with van der Waals surface area (Å²) in [5.74, 6) is -0.0758. The van der Waals surface area contributed by atoms with E-state index in [9.17, 15) is 9.18 Å². The van der Waals surface area contributed by atoms with Crippen LogP contribution >= 0.6 is 11.6 Å². The summed E-state index contributed by atoms with van der Waals surface area (Å²) in [6.07, 6.45) is 6.91. The van der Waals surface area contributed by atoms with Gasteiger partial charge < -0.3 is 10.4 Å². The Morgan fingerprint density at radius 2 is 1.84 bits per heavy atom. The molecule has 0 radical (unpaired) electrons. The van der Waals surface area contributed by atoms with E-state index in [1.165, 1.54) is 6.07 Å². The van der Waals surface area contributed by atoms with Crippen LogP contribution in [-0.2, 0) is 4.79 Å². The van der Waals surface area contributed by atoms with E-state index >= 15 is 0 Å². The lowest BCUT2D eigenvalue weighted by Gasteiger charge is -2.29. The highest BCUT2D eigenvalue weighted by molar-refractivity contribution is 6.34. The molecule has 4 aromatic rings. The van der Waals surface area contributed by atoms with Crippen molar-refractivity contribution in [3.63, 3.8) is 0 Å². The maximum Gasteiger partial charge on any atom is 0.317 e. The van der Waals surface area contributed by atoms with Gasteiger partial charge in [-0.1, -0.05) is 35.9 Å².